The van der Waals surface area contributed by atoms with E-state index in [1.165, 1.54) is 5.56 Å². The molecule has 1 aromatic heterocycles. The molecule has 3 rings (SSSR count). The van der Waals surface area contributed by atoms with Crippen molar-refractivity contribution >= 4 is 0 Å². The Morgan fingerprint density at radius 3 is 3.06 bits per heavy atom. The molecule has 0 spiro atoms. The monoisotopic (exact) mass is 214 g/mol. The number of ether oxygens (including phenoxy) is 1. The van der Waals surface area contributed by atoms with Gasteiger partial charge in [-0.2, -0.15) is 0 Å². The molecule has 0 saturated heterocycles. The van der Waals surface area contributed by atoms with Crippen LogP contribution in [-0.2, 0) is 0 Å². The van der Waals surface area contributed by atoms with Gasteiger partial charge in [0.1, 0.15) is 11.6 Å². The summed E-state index contributed by atoms with van der Waals surface area (Å²) in [7, 11) is 0. The summed E-state index contributed by atoms with van der Waals surface area (Å²) in [6.07, 6.45) is 4.89. The lowest BCUT2D eigenvalue weighted by atomic mass is 9.89. The first-order valence-electron chi connectivity index (χ1n) is 5.59. The van der Waals surface area contributed by atoms with Crippen molar-refractivity contribution in [2.75, 3.05) is 0 Å². The zero-order valence-electron chi connectivity index (χ0n) is 9.18. The topological polar surface area (TPSA) is 37.9 Å². The van der Waals surface area contributed by atoms with Gasteiger partial charge in [0, 0.05) is 23.9 Å². The van der Waals surface area contributed by atoms with Crippen LogP contribution >= 0.6 is 0 Å². The summed E-state index contributed by atoms with van der Waals surface area (Å²) in [5.74, 6) is 2.35. The Bertz CT molecular complexity index is 478. The summed E-state index contributed by atoms with van der Waals surface area (Å²) in [6.45, 7) is 2.10. The Balaban J connectivity index is 2.07. The lowest BCUT2D eigenvalue weighted by molar-refractivity contribution is 0.181. The van der Waals surface area contributed by atoms with Crippen LogP contribution in [0.15, 0.2) is 36.7 Å². The van der Waals surface area contributed by atoms with Crippen molar-refractivity contribution in [3.8, 4) is 5.75 Å². The second-order valence-electron chi connectivity index (χ2n) is 4.23. The summed E-state index contributed by atoms with van der Waals surface area (Å²) in [4.78, 5) is 7.56. The SMILES string of the molecule is C[C@H]1C[C@@H](c2ncc[nH]2)c2ccccc2O1. The summed E-state index contributed by atoms with van der Waals surface area (Å²) < 4.78 is 5.82. The molecule has 16 heavy (non-hydrogen) atoms. The Labute approximate surface area is 94.5 Å². The minimum atomic E-state index is 0.241. The molecule has 0 fully saturated rings. The molecule has 0 radical (unpaired) electrons. The number of nitrogens with one attached hydrogen (secondary N) is 1. The number of hydrogen-bond donors (Lipinski definition) is 1. The number of fused-ring (bicyclic) bond motifs is 1. The predicted molar refractivity (Wildman–Crippen MR) is 61.6 cm³/mol. The molecule has 1 aliphatic rings. The van der Waals surface area contributed by atoms with E-state index in [-0.39, 0.29) is 6.10 Å². The summed E-state index contributed by atoms with van der Waals surface area (Å²) >= 11 is 0. The van der Waals surface area contributed by atoms with Crippen LogP contribution in [0.3, 0.4) is 0 Å². The third-order valence-corrected chi connectivity index (χ3v) is 3.04. The Kier molecular flexibility index (Phi) is 2.17. The Morgan fingerprint density at radius 1 is 1.38 bits per heavy atom. The van der Waals surface area contributed by atoms with Gasteiger partial charge in [-0.3, -0.25) is 0 Å². The Morgan fingerprint density at radius 2 is 2.25 bits per heavy atom. The molecule has 2 atom stereocenters. The standard InChI is InChI=1S/C13H14N2O/c1-9-8-11(13-14-6-7-15-13)10-4-2-3-5-12(10)16-9/h2-7,9,11H,8H2,1H3,(H,14,15)/t9-,11+/m0/s1. The Hall–Kier alpha value is -1.77. The third-order valence-electron chi connectivity index (χ3n) is 3.04. The van der Waals surface area contributed by atoms with Gasteiger partial charge in [-0.15, -0.1) is 0 Å². The molecule has 2 heterocycles. The second-order valence-corrected chi connectivity index (χ2v) is 4.23. The lowest BCUT2D eigenvalue weighted by Crippen LogP contribution is -2.23. The number of nitrogens with zero attached hydrogens (tertiary/aromatic N) is 1. The summed E-state index contributed by atoms with van der Waals surface area (Å²) in [6, 6.07) is 8.21. The minimum Gasteiger partial charge on any atom is -0.490 e. The van der Waals surface area contributed by atoms with E-state index in [0.717, 1.165) is 18.0 Å². The van der Waals surface area contributed by atoms with Gasteiger partial charge in [-0.25, -0.2) is 4.98 Å². The average Bonchev–Trinajstić information content (AvgIpc) is 2.81. The van der Waals surface area contributed by atoms with Crippen molar-refractivity contribution in [3.63, 3.8) is 0 Å². The van der Waals surface area contributed by atoms with Crippen molar-refractivity contribution in [2.45, 2.75) is 25.4 Å². The zero-order valence-corrected chi connectivity index (χ0v) is 9.18. The van der Waals surface area contributed by atoms with E-state index in [2.05, 4.69) is 23.0 Å². The molecule has 1 N–H and O–H groups in total. The molecule has 1 aromatic carbocycles. The number of hydrogen-bond acceptors (Lipinski definition) is 2. The molecular formula is C13H14N2O. The number of benzene rings is 1. The maximum absolute atomic E-state index is 5.82. The van der Waals surface area contributed by atoms with E-state index in [4.69, 9.17) is 4.74 Å². The highest BCUT2D eigenvalue weighted by Crippen LogP contribution is 2.38. The molecule has 1 aliphatic heterocycles. The molecule has 3 nitrogen and oxygen atoms in total. The molecule has 0 aliphatic carbocycles. The van der Waals surface area contributed by atoms with Crippen LogP contribution in [0.25, 0.3) is 0 Å². The van der Waals surface area contributed by atoms with Gasteiger partial charge in [-0.05, 0) is 19.4 Å². The highest BCUT2D eigenvalue weighted by Gasteiger charge is 2.28. The van der Waals surface area contributed by atoms with Crippen LogP contribution < -0.4 is 4.74 Å². The number of imidazole rings is 1. The van der Waals surface area contributed by atoms with Crippen LogP contribution in [-0.4, -0.2) is 16.1 Å². The van der Waals surface area contributed by atoms with Crippen LogP contribution in [0.1, 0.15) is 30.7 Å². The van der Waals surface area contributed by atoms with E-state index in [0.29, 0.717) is 5.92 Å². The van der Waals surface area contributed by atoms with Gasteiger partial charge < -0.3 is 9.72 Å². The van der Waals surface area contributed by atoms with Gasteiger partial charge in [0.05, 0.1) is 6.10 Å². The second kappa shape index (κ2) is 3.67. The fraction of sp³-hybridized carbons (Fsp3) is 0.308. The van der Waals surface area contributed by atoms with Gasteiger partial charge in [0.25, 0.3) is 0 Å². The van der Waals surface area contributed by atoms with E-state index in [1.54, 1.807) is 6.20 Å². The quantitative estimate of drug-likeness (QED) is 0.792. The molecule has 0 bridgehead atoms. The summed E-state index contributed by atoms with van der Waals surface area (Å²) in [5.41, 5.74) is 1.23. The first kappa shape index (κ1) is 9.46. The number of aromatic amines is 1. The van der Waals surface area contributed by atoms with Crippen LogP contribution in [0.4, 0.5) is 0 Å². The minimum absolute atomic E-state index is 0.241. The highest BCUT2D eigenvalue weighted by atomic mass is 16.5. The predicted octanol–water partition coefficient (Wildman–Crippen LogP) is 2.71. The van der Waals surface area contributed by atoms with Crippen molar-refractivity contribution in [1.29, 1.82) is 0 Å². The van der Waals surface area contributed by atoms with E-state index >= 15 is 0 Å². The average molecular weight is 214 g/mol. The number of H-pyrrole nitrogens is 1. The molecule has 82 valence electrons. The number of aromatic nitrogens is 2. The third kappa shape index (κ3) is 1.48. The van der Waals surface area contributed by atoms with Gasteiger partial charge in [0.2, 0.25) is 0 Å². The molecule has 0 saturated carbocycles. The molecule has 3 heteroatoms. The van der Waals surface area contributed by atoms with Gasteiger partial charge >= 0.3 is 0 Å². The van der Waals surface area contributed by atoms with E-state index < -0.39 is 0 Å². The van der Waals surface area contributed by atoms with Crippen molar-refractivity contribution in [2.24, 2.45) is 0 Å². The van der Waals surface area contributed by atoms with E-state index in [1.807, 2.05) is 24.4 Å². The largest absolute Gasteiger partial charge is 0.490 e. The fourth-order valence-corrected chi connectivity index (χ4v) is 2.33. The van der Waals surface area contributed by atoms with Crippen molar-refractivity contribution in [3.05, 3.63) is 48.0 Å². The van der Waals surface area contributed by atoms with Crippen LogP contribution in [0, 0.1) is 0 Å². The molecule has 0 amide bonds. The summed E-state index contributed by atoms with van der Waals surface area (Å²) in [5, 5.41) is 0. The first-order chi connectivity index (χ1) is 7.84. The number of para-hydroxylation sites is 1. The normalized spacial score (nSPS) is 23.6. The van der Waals surface area contributed by atoms with Gasteiger partial charge in [-0.1, -0.05) is 18.2 Å². The van der Waals surface area contributed by atoms with Crippen molar-refractivity contribution in [1.82, 2.24) is 9.97 Å². The maximum Gasteiger partial charge on any atom is 0.123 e. The highest BCUT2D eigenvalue weighted by molar-refractivity contribution is 5.41. The fourth-order valence-electron chi connectivity index (χ4n) is 2.33. The zero-order chi connectivity index (χ0) is 11.0. The number of rotatable bonds is 1. The van der Waals surface area contributed by atoms with Gasteiger partial charge in [0.15, 0.2) is 0 Å². The smallest absolute Gasteiger partial charge is 0.123 e. The molecular weight excluding hydrogens is 200 g/mol. The van der Waals surface area contributed by atoms with Crippen LogP contribution in [0.2, 0.25) is 0 Å². The first-order valence-corrected chi connectivity index (χ1v) is 5.59. The van der Waals surface area contributed by atoms with Crippen LogP contribution in [0.5, 0.6) is 5.75 Å². The maximum atomic E-state index is 5.82. The van der Waals surface area contributed by atoms with Crippen molar-refractivity contribution < 1.29 is 4.74 Å². The van der Waals surface area contributed by atoms with E-state index in [9.17, 15) is 0 Å². The molecule has 0 unspecified atom stereocenters. The lowest BCUT2D eigenvalue weighted by Gasteiger charge is -2.29. The molecule has 2 aromatic rings.